The number of aromatic nitrogens is 2. The van der Waals surface area contributed by atoms with Crippen molar-refractivity contribution < 1.29 is 9.18 Å². The van der Waals surface area contributed by atoms with E-state index in [1.165, 1.54) is 18.5 Å². The summed E-state index contributed by atoms with van der Waals surface area (Å²) >= 11 is 3.23. The van der Waals surface area contributed by atoms with Crippen molar-refractivity contribution in [3.05, 3.63) is 52.6 Å². The average Bonchev–Trinajstić information content (AvgIpc) is 2.32. The van der Waals surface area contributed by atoms with E-state index in [2.05, 4.69) is 31.2 Å². The number of amides is 1. The maximum Gasteiger partial charge on any atom is 0.259 e. The Kier molecular flexibility index (Phi) is 3.43. The second kappa shape index (κ2) is 5.01. The highest BCUT2D eigenvalue weighted by atomic mass is 79.9. The first-order valence-corrected chi connectivity index (χ1v) is 5.49. The minimum Gasteiger partial charge on any atom is -0.306 e. The summed E-state index contributed by atoms with van der Waals surface area (Å²) in [6.07, 6.45) is 3.87. The largest absolute Gasteiger partial charge is 0.306 e. The molecule has 0 aromatic carbocycles. The molecule has 17 heavy (non-hydrogen) atoms. The predicted octanol–water partition coefficient (Wildman–Crippen LogP) is 2.63. The highest BCUT2D eigenvalue weighted by Crippen LogP contribution is 2.19. The van der Waals surface area contributed by atoms with Gasteiger partial charge >= 0.3 is 0 Å². The van der Waals surface area contributed by atoms with Gasteiger partial charge in [0.1, 0.15) is 5.82 Å². The van der Waals surface area contributed by atoms with Crippen LogP contribution in [0, 0.1) is 5.82 Å². The topological polar surface area (TPSA) is 54.9 Å². The molecule has 0 aliphatic carbocycles. The molecule has 0 atom stereocenters. The Hall–Kier alpha value is -1.82. The molecule has 86 valence electrons. The summed E-state index contributed by atoms with van der Waals surface area (Å²) in [6.45, 7) is 0. The normalized spacial score (nSPS) is 10.0. The molecular formula is C11H7BrFN3O. The quantitative estimate of drug-likeness (QED) is 0.927. The van der Waals surface area contributed by atoms with E-state index < -0.39 is 11.7 Å². The second-order valence-electron chi connectivity index (χ2n) is 3.14. The number of anilines is 1. The summed E-state index contributed by atoms with van der Waals surface area (Å²) < 4.78 is 13.9. The first-order valence-electron chi connectivity index (χ1n) is 4.70. The predicted molar refractivity (Wildman–Crippen MR) is 64.1 cm³/mol. The molecule has 0 saturated heterocycles. The maximum atomic E-state index is 13.3. The molecule has 2 rings (SSSR count). The van der Waals surface area contributed by atoms with Gasteiger partial charge in [-0.25, -0.2) is 9.37 Å². The number of hydrogen-bond acceptors (Lipinski definition) is 3. The van der Waals surface area contributed by atoms with Crippen molar-refractivity contribution in [3.63, 3.8) is 0 Å². The molecule has 0 radical (unpaired) electrons. The van der Waals surface area contributed by atoms with Gasteiger partial charge in [0.15, 0.2) is 5.82 Å². The molecule has 6 heteroatoms. The lowest BCUT2D eigenvalue weighted by Crippen LogP contribution is -2.15. The van der Waals surface area contributed by atoms with E-state index in [0.717, 1.165) is 6.20 Å². The molecule has 1 amide bonds. The van der Waals surface area contributed by atoms with Gasteiger partial charge in [-0.3, -0.25) is 9.78 Å². The zero-order chi connectivity index (χ0) is 12.3. The molecule has 0 bridgehead atoms. The van der Waals surface area contributed by atoms with Crippen LogP contribution in [0.5, 0.6) is 0 Å². The number of hydrogen-bond donors (Lipinski definition) is 1. The number of carbonyl (C=O) groups is 1. The molecule has 0 aliphatic rings. The fourth-order valence-corrected chi connectivity index (χ4v) is 1.57. The van der Waals surface area contributed by atoms with Crippen molar-refractivity contribution >= 4 is 27.7 Å². The Labute approximate surface area is 105 Å². The molecule has 2 aromatic rings. The van der Waals surface area contributed by atoms with Crippen LogP contribution >= 0.6 is 15.9 Å². The van der Waals surface area contributed by atoms with Gasteiger partial charge < -0.3 is 5.32 Å². The second-order valence-corrected chi connectivity index (χ2v) is 4.00. The van der Waals surface area contributed by atoms with E-state index in [1.54, 1.807) is 12.1 Å². The third kappa shape index (κ3) is 2.65. The Morgan fingerprint density at radius 2 is 2.18 bits per heavy atom. The molecule has 0 spiro atoms. The Balaban J connectivity index is 2.24. The highest BCUT2D eigenvalue weighted by molar-refractivity contribution is 9.10. The van der Waals surface area contributed by atoms with E-state index in [0.29, 0.717) is 10.3 Å². The van der Waals surface area contributed by atoms with E-state index in [1.807, 2.05) is 0 Å². The third-order valence-corrected chi connectivity index (χ3v) is 2.65. The Morgan fingerprint density at radius 1 is 1.35 bits per heavy atom. The lowest BCUT2D eigenvalue weighted by Gasteiger charge is -2.06. The monoisotopic (exact) mass is 295 g/mol. The minimum absolute atomic E-state index is 0.0717. The summed E-state index contributed by atoms with van der Waals surface area (Å²) in [5.74, 6) is -0.893. The van der Waals surface area contributed by atoms with Crippen molar-refractivity contribution in [1.29, 1.82) is 0 Å². The fraction of sp³-hybridized carbons (Fsp3) is 0. The van der Waals surface area contributed by atoms with E-state index >= 15 is 0 Å². The van der Waals surface area contributed by atoms with Crippen LogP contribution in [-0.4, -0.2) is 15.9 Å². The number of carbonyl (C=O) groups excluding carboxylic acids is 1. The summed E-state index contributed by atoms with van der Waals surface area (Å²) in [4.78, 5) is 19.3. The molecule has 1 N–H and O–H groups in total. The van der Waals surface area contributed by atoms with Crippen LogP contribution in [0.4, 0.5) is 10.2 Å². The van der Waals surface area contributed by atoms with Crippen LogP contribution < -0.4 is 5.32 Å². The van der Waals surface area contributed by atoms with Crippen LogP contribution in [0.1, 0.15) is 10.4 Å². The van der Waals surface area contributed by atoms with Crippen molar-refractivity contribution in [2.75, 3.05) is 5.32 Å². The zero-order valence-electron chi connectivity index (χ0n) is 8.52. The third-order valence-electron chi connectivity index (χ3n) is 2.01. The van der Waals surface area contributed by atoms with Crippen molar-refractivity contribution in [2.24, 2.45) is 0 Å². The molecule has 2 aromatic heterocycles. The molecule has 4 nitrogen and oxygen atoms in total. The Morgan fingerprint density at radius 3 is 2.88 bits per heavy atom. The molecule has 0 saturated carbocycles. The van der Waals surface area contributed by atoms with Gasteiger partial charge in [0.2, 0.25) is 0 Å². The van der Waals surface area contributed by atoms with Gasteiger partial charge in [-0.2, -0.15) is 0 Å². The molecule has 0 aliphatic heterocycles. The lowest BCUT2D eigenvalue weighted by molar-refractivity contribution is 0.102. The lowest BCUT2D eigenvalue weighted by atomic mass is 10.2. The SMILES string of the molecule is O=C(Nc1ncccc1Br)c1ccncc1F. The van der Waals surface area contributed by atoms with E-state index in [9.17, 15) is 9.18 Å². The first-order chi connectivity index (χ1) is 8.18. The number of nitrogens with zero attached hydrogens (tertiary/aromatic N) is 2. The fourth-order valence-electron chi connectivity index (χ4n) is 1.21. The molecule has 0 fully saturated rings. The van der Waals surface area contributed by atoms with Gasteiger partial charge in [-0.15, -0.1) is 0 Å². The number of nitrogens with one attached hydrogen (secondary N) is 1. The zero-order valence-corrected chi connectivity index (χ0v) is 10.1. The number of pyridine rings is 2. The van der Waals surface area contributed by atoms with Gasteiger partial charge in [-0.05, 0) is 34.1 Å². The van der Waals surface area contributed by atoms with E-state index in [4.69, 9.17) is 0 Å². The highest BCUT2D eigenvalue weighted by Gasteiger charge is 2.13. The van der Waals surface area contributed by atoms with E-state index in [-0.39, 0.29) is 5.56 Å². The van der Waals surface area contributed by atoms with Gasteiger partial charge in [-0.1, -0.05) is 0 Å². The van der Waals surface area contributed by atoms with Crippen LogP contribution in [-0.2, 0) is 0 Å². The van der Waals surface area contributed by atoms with Gasteiger partial charge in [0.05, 0.1) is 16.2 Å². The van der Waals surface area contributed by atoms with Gasteiger partial charge in [0, 0.05) is 12.4 Å². The first kappa shape index (κ1) is 11.7. The van der Waals surface area contributed by atoms with Crippen molar-refractivity contribution in [1.82, 2.24) is 9.97 Å². The molecule has 2 heterocycles. The smallest absolute Gasteiger partial charge is 0.259 e. The summed E-state index contributed by atoms with van der Waals surface area (Å²) in [5.41, 5.74) is -0.0717. The maximum absolute atomic E-state index is 13.3. The minimum atomic E-state index is -0.669. The van der Waals surface area contributed by atoms with Crippen molar-refractivity contribution in [2.45, 2.75) is 0 Å². The van der Waals surface area contributed by atoms with Crippen LogP contribution in [0.25, 0.3) is 0 Å². The van der Waals surface area contributed by atoms with Crippen molar-refractivity contribution in [3.8, 4) is 0 Å². The average molecular weight is 296 g/mol. The van der Waals surface area contributed by atoms with Crippen LogP contribution in [0.3, 0.4) is 0 Å². The van der Waals surface area contributed by atoms with Gasteiger partial charge in [0.25, 0.3) is 5.91 Å². The standard InChI is InChI=1S/C11H7BrFN3O/c12-8-2-1-4-15-10(8)16-11(17)7-3-5-14-6-9(7)13/h1-6H,(H,15,16,17). The Bertz CT molecular complexity index is 562. The molecular weight excluding hydrogens is 289 g/mol. The van der Waals surface area contributed by atoms with Crippen LogP contribution in [0.15, 0.2) is 41.3 Å². The number of rotatable bonds is 2. The number of halogens is 2. The summed E-state index contributed by atoms with van der Waals surface area (Å²) in [6, 6.07) is 4.75. The summed E-state index contributed by atoms with van der Waals surface area (Å²) in [5, 5.41) is 2.50. The molecule has 0 unspecified atom stereocenters. The summed E-state index contributed by atoms with van der Waals surface area (Å²) in [7, 11) is 0. The van der Waals surface area contributed by atoms with Crippen LogP contribution in [0.2, 0.25) is 0 Å².